The van der Waals surface area contributed by atoms with Gasteiger partial charge in [-0.15, -0.1) is 0 Å². The van der Waals surface area contributed by atoms with Crippen molar-refractivity contribution >= 4 is 5.97 Å². The molecule has 4 aromatic carbocycles. The molecule has 0 radical (unpaired) electrons. The molecule has 0 aliphatic heterocycles. The lowest BCUT2D eigenvalue weighted by Crippen LogP contribution is -2.15. The van der Waals surface area contributed by atoms with Gasteiger partial charge in [-0.1, -0.05) is 114 Å². The van der Waals surface area contributed by atoms with Crippen LogP contribution < -0.4 is 0 Å². The number of esters is 1. The molecule has 6 rings (SSSR count). The highest BCUT2D eigenvalue weighted by Gasteiger charge is 2.46. The normalized spacial score (nSPS) is 14.3. The fourth-order valence-corrected chi connectivity index (χ4v) is 6.24. The predicted molar refractivity (Wildman–Crippen MR) is 172 cm³/mol. The molecule has 4 heteroatoms. The lowest BCUT2D eigenvalue weighted by Gasteiger charge is -2.18. The van der Waals surface area contributed by atoms with Crippen molar-refractivity contribution in [1.82, 2.24) is 5.16 Å². The van der Waals surface area contributed by atoms with Crippen molar-refractivity contribution < 1.29 is 14.1 Å². The van der Waals surface area contributed by atoms with Crippen molar-refractivity contribution in [2.45, 2.75) is 63.7 Å². The molecule has 1 aromatic heterocycles. The summed E-state index contributed by atoms with van der Waals surface area (Å²) in [5.41, 5.74) is 9.35. The number of benzene rings is 4. The van der Waals surface area contributed by atoms with Crippen molar-refractivity contribution in [2.24, 2.45) is 0 Å². The Bertz CT molecular complexity index is 1630. The van der Waals surface area contributed by atoms with Crippen molar-refractivity contribution in [3.8, 4) is 22.5 Å². The highest BCUT2D eigenvalue weighted by Crippen LogP contribution is 2.51. The van der Waals surface area contributed by atoms with Gasteiger partial charge in [-0.2, -0.15) is 0 Å². The summed E-state index contributed by atoms with van der Waals surface area (Å²) in [6.45, 7) is 4.34. The maximum absolute atomic E-state index is 12.1. The van der Waals surface area contributed by atoms with Crippen molar-refractivity contribution in [1.29, 1.82) is 0 Å². The number of rotatable bonds is 12. The number of carbonyl (C=O) groups is 1. The molecule has 0 saturated heterocycles. The molecule has 0 spiro atoms. The molecular formula is C39H39NO3. The first kappa shape index (κ1) is 28.7. The summed E-state index contributed by atoms with van der Waals surface area (Å²) < 4.78 is 11.2. The van der Waals surface area contributed by atoms with Gasteiger partial charge in [0.15, 0.2) is 5.76 Å². The lowest BCUT2D eigenvalue weighted by molar-refractivity contribution is -0.143. The molecule has 0 amide bonds. The molecule has 218 valence electrons. The van der Waals surface area contributed by atoms with Crippen LogP contribution in [0.15, 0.2) is 114 Å². The Hall–Kier alpha value is -4.44. The van der Waals surface area contributed by atoms with Gasteiger partial charge in [-0.05, 0) is 79.7 Å². The van der Waals surface area contributed by atoms with Crippen LogP contribution in [0.3, 0.4) is 0 Å². The first-order chi connectivity index (χ1) is 21.0. The minimum absolute atomic E-state index is 0.0477. The molecule has 1 aliphatic carbocycles. The zero-order chi connectivity index (χ0) is 29.6. The lowest BCUT2D eigenvalue weighted by atomic mass is 9.86. The molecule has 43 heavy (non-hydrogen) atoms. The zero-order valence-electron chi connectivity index (χ0n) is 25.1. The quantitative estimate of drug-likeness (QED) is 0.141. The maximum Gasteiger partial charge on any atom is 0.306 e. The van der Waals surface area contributed by atoms with Crippen LogP contribution in [0.4, 0.5) is 0 Å². The third-order valence-corrected chi connectivity index (χ3v) is 8.95. The first-order valence-electron chi connectivity index (χ1n) is 15.5. The van der Waals surface area contributed by atoms with E-state index in [4.69, 9.17) is 9.26 Å². The smallest absolute Gasteiger partial charge is 0.306 e. The molecule has 0 bridgehead atoms. The van der Waals surface area contributed by atoms with Crippen LogP contribution in [0.2, 0.25) is 0 Å². The Morgan fingerprint density at radius 1 is 0.837 bits per heavy atom. The van der Waals surface area contributed by atoms with Crippen LogP contribution in [-0.4, -0.2) is 17.7 Å². The zero-order valence-corrected chi connectivity index (χ0v) is 25.1. The Morgan fingerprint density at radius 3 is 2.07 bits per heavy atom. The predicted octanol–water partition coefficient (Wildman–Crippen LogP) is 9.26. The number of hydrogen-bond acceptors (Lipinski definition) is 4. The van der Waals surface area contributed by atoms with Gasteiger partial charge in [0.05, 0.1) is 18.7 Å². The third-order valence-electron chi connectivity index (χ3n) is 8.95. The van der Waals surface area contributed by atoms with E-state index in [1.807, 2.05) is 13.8 Å². The number of carbonyl (C=O) groups excluding carboxylic acids is 1. The van der Waals surface area contributed by atoms with Crippen molar-refractivity contribution in [3.63, 3.8) is 0 Å². The standard InChI is InChI=1S/C39H39NO3/c1-3-42-37(41)27-39(24-25-39)35-22-20-32(21-23-35)31-16-18-33(19-17-31)38-36(28(2)40-43-38)26-34(30-12-8-5-9-13-30)15-14-29-10-6-4-7-11-29/h4-13,16-23,34H,3,14-15,24-27H2,1-2H3. The van der Waals surface area contributed by atoms with E-state index in [9.17, 15) is 4.79 Å². The van der Waals surface area contributed by atoms with E-state index in [2.05, 4.69) is 114 Å². The minimum atomic E-state index is -0.104. The third kappa shape index (κ3) is 6.64. The molecule has 1 unspecified atom stereocenters. The summed E-state index contributed by atoms with van der Waals surface area (Å²) in [6, 6.07) is 38.8. The van der Waals surface area contributed by atoms with E-state index in [1.54, 1.807) is 0 Å². The van der Waals surface area contributed by atoms with Crippen LogP contribution in [0.5, 0.6) is 0 Å². The van der Waals surface area contributed by atoms with Gasteiger partial charge in [0.2, 0.25) is 0 Å². The van der Waals surface area contributed by atoms with Gasteiger partial charge >= 0.3 is 5.97 Å². The molecule has 4 nitrogen and oxygen atoms in total. The van der Waals surface area contributed by atoms with Gasteiger partial charge in [-0.25, -0.2) is 0 Å². The number of aromatic nitrogens is 1. The van der Waals surface area contributed by atoms with Gasteiger partial charge < -0.3 is 9.26 Å². The van der Waals surface area contributed by atoms with Gasteiger partial charge in [0, 0.05) is 16.5 Å². The molecule has 1 fully saturated rings. The summed E-state index contributed by atoms with van der Waals surface area (Å²) >= 11 is 0. The average Bonchev–Trinajstić information content (AvgIpc) is 3.74. The van der Waals surface area contributed by atoms with Crippen LogP contribution in [0.25, 0.3) is 22.5 Å². The van der Waals surface area contributed by atoms with Crippen molar-refractivity contribution in [3.05, 3.63) is 137 Å². The van der Waals surface area contributed by atoms with Crippen LogP contribution in [0.1, 0.15) is 66.5 Å². The Balaban J connectivity index is 1.19. The topological polar surface area (TPSA) is 52.3 Å². The monoisotopic (exact) mass is 569 g/mol. The molecule has 1 aliphatic rings. The largest absolute Gasteiger partial charge is 0.466 e. The average molecular weight is 570 g/mol. The highest BCUT2D eigenvalue weighted by atomic mass is 16.5. The van der Waals surface area contributed by atoms with E-state index >= 15 is 0 Å². The first-order valence-corrected chi connectivity index (χ1v) is 15.5. The maximum atomic E-state index is 12.1. The Kier molecular flexibility index (Phi) is 8.55. The molecular weight excluding hydrogens is 530 g/mol. The molecule has 1 saturated carbocycles. The fraction of sp³-hybridized carbons (Fsp3) is 0.282. The van der Waals surface area contributed by atoms with Gasteiger partial charge in [0.1, 0.15) is 0 Å². The molecule has 5 aromatic rings. The number of ether oxygens (including phenoxy) is 1. The molecule has 0 N–H and O–H groups in total. The number of nitrogens with zero attached hydrogens (tertiary/aromatic N) is 1. The van der Waals surface area contributed by atoms with Gasteiger partial charge in [0.25, 0.3) is 0 Å². The summed E-state index contributed by atoms with van der Waals surface area (Å²) in [4.78, 5) is 12.1. The van der Waals surface area contributed by atoms with Crippen LogP contribution in [0, 0.1) is 6.92 Å². The molecule has 1 heterocycles. The van der Waals surface area contributed by atoms with E-state index in [0.29, 0.717) is 18.9 Å². The number of hydrogen-bond donors (Lipinski definition) is 0. The second-order valence-corrected chi connectivity index (χ2v) is 11.8. The second kappa shape index (κ2) is 12.8. The van der Waals surface area contributed by atoms with Gasteiger partial charge in [-0.3, -0.25) is 4.79 Å². The summed E-state index contributed by atoms with van der Waals surface area (Å²) in [5.74, 6) is 1.11. The van der Waals surface area contributed by atoms with Crippen molar-refractivity contribution in [2.75, 3.05) is 6.61 Å². The summed E-state index contributed by atoms with van der Waals surface area (Å²) in [5, 5.41) is 4.40. The summed E-state index contributed by atoms with van der Waals surface area (Å²) in [6.07, 6.45) is 5.49. The number of aryl methyl sites for hydroxylation is 2. The van der Waals surface area contributed by atoms with E-state index in [0.717, 1.165) is 60.2 Å². The van der Waals surface area contributed by atoms with Crippen LogP contribution >= 0.6 is 0 Å². The van der Waals surface area contributed by atoms with E-state index < -0.39 is 0 Å². The summed E-state index contributed by atoms with van der Waals surface area (Å²) in [7, 11) is 0. The van der Waals surface area contributed by atoms with E-state index in [-0.39, 0.29) is 11.4 Å². The minimum Gasteiger partial charge on any atom is -0.466 e. The second-order valence-electron chi connectivity index (χ2n) is 11.8. The fourth-order valence-electron chi connectivity index (χ4n) is 6.24. The highest BCUT2D eigenvalue weighted by molar-refractivity contribution is 5.73. The van der Waals surface area contributed by atoms with E-state index in [1.165, 1.54) is 22.3 Å². The Morgan fingerprint density at radius 2 is 1.44 bits per heavy atom. The Labute approximate surface area is 254 Å². The SMILES string of the molecule is CCOC(=O)CC1(c2ccc(-c3ccc(-c4onc(C)c4CC(CCc4ccccc4)c4ccccc4)cc3)cc2)CC1. The van der Waals surface area contributed by atoms with Crippen LogP contribution in [-0.2, 0) is 27.8 Å². The molecule has 1 atom stereocenters.